The van der Waals surface area contributed by atoms with Gasteiger partial charge in [-0.05, 0) is 36.4 Å². The van der Waals surface area contributed by atoms with Gasteiger partial charge in [0.1, 0.15) is 5.02 Å². The van der Waals surface area contributed by atoms with Crippen molar-refractivity contribution in [2.45, 2.75) is 6.92 Å². The summed E-state index contributed by atoms with van der Waals surface area (Å²) in [7, 11) is 0. The molecule has 1 aliphatic heterocycles. The van der Waals surface area contributed by atoms with Crippen LogP contribution in [-0.2, 0) is 9.59 Å². The molecule has 0 atom stereocenters. The van der Waals surface area contributed by atoms with E-state index in [1.165, 1.54) is 24.3 Å². The molecule has 1 fully saturated rings. The lowest BCUT2D eigenvalue weighted by Crippen LogP contribution is -2.39. The van der Waals surface area contributed by atoms with Gasteiger partial charge < -0.3 is 5.32 Å². The van der Waals surface area contributed by atoms with Crippen molar-refractivity contribution in [3.05, 3.63) is 79.2 Å². The van der Waals surface area contributed by atoms with Crippen LogP contribution in [0.25, 0.3) is 6.08 Å². The number of ketones is 1. The molecule has 3 amide bonds. The fourth-order valence-electron chi connectivity index (χ4n) is 2.80. The molecule has 0 aliphatic carbocycles. The Balaban J connectivity index is 1.61. The minimum absolute atomic E-state index is 0.0452. The monoisotopic (exact) mass is 473 g/mol. The van der Waals surface area contributed by atoms with Gasteiger partial charge >= 0.3 is 0 Å². The van der Waals surface area contributed by atoms with E-state index in [-0.39, 0.29) is 34.3 Å². The number of hydrogen-bond acceptors (Lipinski definition) is 7. The zero-order chi connectivity index (χ0) is 23.4. The number of rotatable bonds is 7. The van der Waals surface area contributed by atoms with Crippen molar-refractivity contribution in [1.29, 1.82) is 0 Å². The van der Waals surface area contributed by atoms with E-state index >= 15 is 0 Å². The minimum Gasteiger partial charge on any atom is -0.347 e. The summed E-state index contributed by atoms with van der Waals surface area (Å²) >= 11 is 6.45. The first-order chi connectivity index (χ1) is 15.2. The molecule has 1 heterocycles. The number of thioether (sulfide) groups is 1. The Morgan fingerprint density at radius 1 is 1.19 bits per heavy atom. The number of nitrogens with zero attached hydrogens (tertiary/aromatic N) is 2. The Morgan fingerprint density at radius 3 is 2.53 bits per heavy atom. The second-order valence-electron chi connectivity index (χ2n) is 6.75. The van der Waals surface area contributed by atoms with Crippen molar-refractivity contribution in [3.63, 3.8) is 0 Å². The molecular weight excluding hydrogens is 458 g/mol. The Kier molecular flexibility index (Phi) is 7.06. The largest absolute Gasteiger partial charge is 0.347 e. The summed E-state index contributed by atoms with van der Waals surface area (Å²) in [5.74, 6) is -2.16. The van der Waals surface area contributed by atoms with Gasteiger partial charge in [0.15, 0.2) is 0 Å². The van der Waals surface area contributed by atoms with Crippen LogP contribution in [0.2, 0.25) is 5.02 Å². The molecular formula is C21H16ClN3O6S. The Hall–Kier alpha value is -3.50. The normalized spacial score (nSPS) is 14.7. The van der Waals surface area contributed by atoms with Crippen LogP contribution in [0.4, 0.5) is 10.5 Å². The Morgan fingerprint density at radius 2 is 1.88 bits per heavy atom. The fraction of sp³-hybridized carbons (Fsp3) is 0.143. The van der Waals surface area contributed by atoms with Gasteiger partial charge in [-0.25, -0.2) is 0 Å². The van der Waals surface area contributed by atoms with Crippen molar-refractivity contribution in [2.75, 3.05) is 13.1 Å². The summed E-state index contributed by atoms with van der Waals surface area (Å²) in [6.07, 6.45) is 1.35. The molecule has 0 bridgehead atoms. The maximum Gasteiger partial charge on any atom is 0.293 e. The highest BCUT2D eigenvalue weighted by atomic mass is 35.5. The quantitative estimate of drug-likeness (QED) is 0.214. The molecule has 1 N–H and O–H groups in total. The Labute approximate surface area is 191 Å². The maximum atomic E-state index is 12.5. The molecule has 0 radical (unpaired) electrons. The van der Waals surface area contributed by atoms with Crippen LogP contribution < -0.4 is 5.32 Å². The second kappa shape index (κ2) is 9.75. The molecule has 11 heteroatoms. The molecule has 0 aromatic heterocycles. The standard InChI is InChI=1S/C21H16ClN3O6S/c1-12-2-5-14(6-3-12)18(26)19(27)23-8-9-24-20(28)17(32-21(24)29)11-13-4-7-15(22)16(10-13)25(30)31/h2-7,10-11H,8-9H2,1H3,(H,23,27)/b17-11-. The minimum atomic E-state index is -0.843. The number of nitro benzene ring substituents is 1. The van der Waals surface area contributed by atoms with Crippen molar-refractivity contribution < 1.29 is 24.1 Å². The maximum absolute atomic E-state index is 12.5. The van der Waals surface area contributed by atoms with Crippen molar-refractivity contribution in [2.24, 2.45) is 0 Å². The number of aryl methyl sites for hydroxylation is 1. The van der Waals surface area contributed by atoms with E-state index < -0.39 is 27.8 Å². The van der Waals surface area contributed by atoms with Gasteiger partial charge in [-0.15, -0.1) is 0 Å². The van der Waals surface area contributed by atoms with Gasteiger partial charge in [0.05, 0.1) is 9.83 Å². The van der Waals surface area contributed by atoms with Crippen LogP contribution in [0.1, 0.15) is 21.5 Å². The van der Waals surface area contributed by atoms with Crippen LogP contribution in [0.3, 0.4) is 0 Å². The van der Waals surface area contributed by atoms with Gasteiger partial charge in [0.25, 0.3) is 22.7 Å². The number of nitro groups is 1. The van der Waals surface area contributed by atoms with Gasteiger partial charge in [-0.1, -0.05) is 47.5 Å². The van der Waals surface area contributed by atoms with E-state index in [1.54, 1.807) is 24.3 Å². The Bertz CT molecular complexity index is 1160. The van der Waals surface area contributed by atoms with E-state index in [0.29, 0.717) is 17.3 Å². The lowest BCUT2D eigenvalue weighted by molar-refractivity contribution is -0.384. The molecule has 164 valence electrons. The second-order valence-corrected chi connectivity index (χ2v) is 8.15. The predicted molar refractivity (Wildman–Crippen MR) is 119 cm³/mol. The van der Waals surface area contributed by atoms with Crippen molar-refractivity contribution >= 4 is 58.0 Å². The van der Waals surface area contributed by atoms with Crippen LogP contribution in [0.15, 0.2) is 47.4 Å². The summed E-state index contributed by atoms with van der Waals surface area (Å²) in [5.41, 5.74) is 1.20. The summed E-state index contributed by atoms with van der Waals surface area (Å²) in [4.78, 5) is 60.3. The number of halogens is 1. The van der Waals surface area contributed by atoms with E-state index in [9.17, 15) is 29.3 Å². The number of nitrogens with one attached hydrogen (secondary N) is 1. The number of carbonyl (C=O) groups is 4. The molecule has 0 unspecified atom stereocenters. The molecule has 1 aliphatic rings. The smallest absolute Gasteiger partial charge is 0.293 e. The molecule has 0 saturated carbocycles. The zero-order valence-corrected chi connectivity index (χ0v) is 18.2. The van der Waals surface area contributed by atoms with Crippen LogP contribution in [0.5, 0.6) is 0 Å². The van der Waals surface area contributed by atoms with E-state index in [2.05, 4.69) is 5.32 Å². The lowest BCUT2D eigenvalue weighted by Gasteiger charge is -2.12. The first kappa shape index (κ1) is 23.2. The predicted octanol–water partition coefficient (Wildman–Crippen LogP) is 3.59. The van der Waals surface area contributed by atoms with Crippen LogP contribution >= 0.6 is 23.4 Å². The number of carbonyl (C=O) groups excluding carboxylic acids is 4. The number of Topliss-reactive ketones (excluding diaryl/α,β-unsaturated/α-hetero) is 1. The molecule has 32 heavy (non-hydrogen) atoms. The molecule has 2 aromatic rings. The number of benzene rings is 2. The summed E-state index contributed by atoms with van der Waals surface area (Å²) in [6.45, 7) is 1.62. The average Bonchev–Trinajstić information content (AvgIpc) is 3.02. The summed E-state index contributed by atoms with van der Waals surface area (Å²) < 4.78 is 0. The topological polar surface area (TPSA) is 127 Å². The van der Waals surface area contributed by atoms with Crippen molar-refractivity contribution in [3.8, 4) is 0 Å². The first-order valence-corrected chi connectivity index (χ1v) is 10.5. The van der Waals surface area contributed by atoms with Crippen molar-refractivity contribution in [1.82, 2.24) is 10.2 Å². The van der Waals surface area contributed by atoms with Gasteiger partial charge in [0, 0.05) is 24.7 Å². The van der Waals surface area contributed by atoms with Crippen LogP contribution in [-0.4, -0.2) is 45.7 Å². The average molecular weight is 474 g/mol. The van der Waals surface area contributed by atoms with E-state index in [1.807, 2.05) is 6.92 Å². The third kappa shape index (κ3) is 5.21. The summed E-state index contributed by atoms with van der Waals surface area (Å²) in [6, 6.07) is 10.5. The van der Waals surface area contributed by atoms with E-state index in [4.69, 9.17) is 11.6 Å². The summed E-state index contributed by atoms with van der Waals surface area (Å²) in [5, 5.41) is 12.8. The molecule has 0 spiro atoms. The van der Waals surface area contributed by atoms with Crippen LogP contribution in [0, 0.1) is 17.0 Å². The lowest BCUT2D eigenvalue weighted by atomic mass is 10.1. The molecule has 1 saturated heterocycles. The first-order valence-electron chi connectivity index (χ1n) is 9.26. The van der Waals surface area contributed by atoms with Gasteiger partial charge in [-0.2, -0.15) is 0 Å². The van der Waals surface area contributed by atoms with Gasteiger partial charge in [0.2, 0.25) is 5.78 Å². The number of hydrogen-bond donors (Lipinski definition) is 1. The highest BCUT2D eigenvalue weighted by Crippen LogP contribution is 2.33. The molecule has 9 nitrogen and oxygen atoms in total. The number of amides is 3. The third-order valence-corrected chi connectivity index (χ3v) is 5.71. The zero-order valence-electron chi connectivity index (χ0n) is 16.7. The highest BCUT2D eigenvalue weighted by molar-refractivity contribution is 8.18. The van der Waals surface area contributed by atoms with E-state index in [0.717, 1.165) is 10.5 Å². The molecule has 2 aromatic carbocycles. The highest BCUT2D eigenvalue weighted by Gasteiger charge is 2.35. The van der Waals surface area contributed by atoms with Gasteiger partial charge in [-0.3, -0.25) is 34.2 Å². The molecule has 3 rings (SSSR count). The third-order valence-electron chi connectivity index (χ3n) is 4.48. The number of imide groups is 1. The fourth-order valence-corrected chi connectivity index (χ4v) is 3.85. The SMILES string of the molecule is Cc1ccc(C(=O)C(=O)NCCN2C(=O)S/C(=C\c3ccc(Cl)c([N+](=O)[O-])c3)C2=O)cc1.